The molecular formula is C34H32F3N3O4. The molecular weight excluding hydrogens is 571 g/mol. The van der Waals surface area contributed by atoms with E-state index in [1.54, 1.807) is 79.7 Å². The number of halogens is 3. The molecule has 0 radical (unpaired) electrons. The molecule has 1 atom stereocenters. The highest BCUT2D eigenvalue weighted by atomic mass is 19.4. The number of hydrogen-bond donors (Lipinski definition) is 4. The van der Waals surface area contributed by atoms with E-state index in [0.29, 0.717) is 33.5 Å². The number of carbonyl (C=O) groups is 3. The van der Waals surface area contributed by atoms with Gasteiger partial charge in [-0.2, -0.15) is 13.2 Å². The van der Waals surface area contributed by atoms with Gasteiger partial charge in [0.1, 0.15) is 11.6 Å². The Bertz CT molecular complexity index is 1650. The van der Waals surface area contributed by atoms with Crippen molar-refractivity contribution in [1.29, 1.82) is 0 Å². The van der Waals surface area contributed by atoms with Crippen LogP contribution >= 0.6 is 0 Å². The first-order valence-electron chi connectivity index (χ1n) is 13.8. The molecule has 0 fully saturated rings. The summed E-state index contributed by atoms with van der Waals surface area (Å²) in [6, 6.07) is 24.1. The fourth-order valence-corrected chi connectivity index (χ4v) is 4.48. The van der Waals surface area contributed by atoms with E-state index in [-0.39, 0.29) is 6.54 Å². The van der Waals surface area contributed by atoms with Gasteiger partial charge in [0.15, 0.2) is 0 Å². The van der Waals surface area contributed by atoms with Crippen LogP contribution in [0.2, 0.25) is 0 Å². The van der Waals surface area contributed by atoms with Crippen LogP contribution in [0.4, 0.5) is 18.9 Å². The number of aryl methyl sites for hydroxylation is 1. The molecule has 4 rings (SSSR count). The zero-order valence-corrected chi connectivity index (χ0v) is 24.3. The molecule has 0 aliphatic rings. The summed E-state index contributed by atoms with van der Waals surface area (Å²) in [5, 5.41) is 18.3. The lowest BCUT2D eigenvalue weighted by Crippen LogP contribution is -2.47. The second kappa shape index (κ2) is 13.1. The lowest BCUT2D eigenvalue weighted by atomic mass is 9.98. The van der Waals surface area contributed by atoms with Crippen LogP contribution in [0, 0.1) is 6.92 Å². The highest BCUT2D eigenvalue weighted by Crippen LogP contribution is 2.32. The Balaban J connectivity index is 1.45. The fraction of sp³-hybridized carbons (Fsp3) is 0.206. The van der Waals surface area contributed by atoms with Gasteiger partial charge in [0.05, 0.1) is 5.56 Å². The summed E-state index contributed by atoms with van der Waals surface area (Å²) in [6.45, 7) is 4.59. The summed E-state index contributed by atoms with van der Waals surface area (Å²) in [5.41, 5.74) is 1.32. The van der Waals surface area contributed by atoms with Crippen molar-refractivity contribution in [3.8, 4) is 11.1 Å². The van der Waals surface area contributed by atoms with Gasteiger partial charge in [0.2, 0.25) is 5.91 Å². The van der Waals surface area contributed by atoms with Crippen LogP contribution < -0.4 is 16.0 Å². The second-order valence-corrected chi connectivity index (χ2v) is 10.8. The van der Waals surface area contributed by atoms with Crippen molar-refractivity contribution in [3.63, 3.8) is 0 Å². The molecule has 0 bridgehead atoms. The second-order valence-electron chi connectivity index (χ2n) is 10.8. The van der Waals surface area contributed by atoms with Gasteiger partial charge < -0.3 is 21.1 Å². The van der Waals surface area contributed by atoms with E-state index in [4.69, 9.17) is 0 Å². The zero-order valence-electron chi connectivity index (χ0n) is 24.3. The van der Waals surface area contributed by atoms with E-state index >= 15 is 0 Å². The Morgan fingerprint density at radius 1 is 0.841 bits per heavy atom. The standard InChI is InChI=1S/C34H32F3N3O4/c1-21-19-22(20-38-31(42)29(24-9-5-4-6-10-24)40-32(43)33(2,3)44)13-18-28(21)39-30(41)27-12-8-7-11-26(27)23-14-16-25(17-15-23)34(35,36)37/h4-19,29,44H,20H2,1-3H3,(H,38,42)(H,39,41)(H,40,43)/t29-/m0/s1. The number of aliphatic hydroxyl groups is 1. The van der Waals surface area contributed by atoms with Crippen LogP contribution in [-0.2, 0) is 22.3 Å². The van der Waals surface area contributed by atoms with Crippen LogP contribution in [0.1, 0.15) is 52.5 Å². The molecule has 4 aromatic rings. The number of benzene rings is 4. The lowest BCUT2D eigenvalue weighted by Gasteiger charge is -2.23. The summed E-state index contributed by atoms with van der Waals surface area (Å²) in [5.74, 6) is -1.60. The molecule has 0 saturated carbocycles. The highest BCUT2D eigenvalue weighted by Gasteiger charge is 2.31. The van der Waals surface area contributed by atoms with E-state index in [0.717, 1.165) is 17.7 Å². The van der Waals surface area contributed by atoms with Crippen LogP contribution in [0.5, 0.6) is 0 Å². The van der Waals surface area contributed by atoms with E-state index < -0.39 is 41.1 Å². The summed E-state index contributed by atoms with van der Waals surface area (Å²) in [6.07, 6.45) is -4.46. The number of alkyl halides is 3. The van der Waals surface area contributed by atoms with E-state index in [1.807, 2.05) is 0 Å². The van der Waals surface area contributed by atoms with Gasteiger partial charge in [-0.1, -0.05) is 72.8 Å². The minimum atomic E-state index is -4.46. The molecule has 4 N–H and O–H groups in total. The van der Waals surface area contributed by atoms with Gasteiger partial charge in [0.25, 0.3) is 11.8 Å². The maximum absolute atomic E-state index is 13.3. The zero-order chi connectivity index (χ0) is 32.1. The molecule has 3 amide bonds. The Labute approximate surface area is 253 Å². The average molecular weight is 604 g/mol. The van der Waals surface area contributed by atoms with Crippen LogP contribution in [-0.4, -0.2) is 28.4 Å². The molecule has 0 unspecified atom stereocenters. The number of rotatable bonds is 9. The van der Waals surface area contributed by atoms with Crippen molar-refractivity contribution in [2.24, 2.45) is 0 Å². The maximum atomic E-state index is 13.3. The first-order valence-corrected chi connectivity index (χ1v) is 13.8. The molecule has 4 aromatic carbocycles. The summed E-state index contributed by atoms with van der Waals surface area (Å²) in [7, 11) is 0. The summed E-state index contributed by atoms with van der Waals surface area (Å²) < 4.78 is 39.0. The van der Waals surface area contributed by atoms with Crippen molar-refractivity contribution in [2.45, 2.75) is 45.1 Å². The van der Waals surface area contributed by atoms with Gasteiger partial charge in [-0.3, -0.25) is 14.4 Å². The Morgan fingerprint density at radius 3 is 2.09 bits per heavy atom. The molecule has 0 aliphatic carbocycles. The maximum Gasteiger partial charge on any atom is 0.416 e. The van der Waals surface area contributed by atoms with Crippen LogP contribution in [0.15, 0.2) is 97.1 Å². The monoisotopic (exact) mass is 603 g/mol. The molecule has 0 spiro atoms. The highest BCUT2D eigenvalue weighted by molar-refractivity contribution is 6.09. The number of hydrogen-bond acceptors (Lipinski definition) is 4. The van der Waals surface area contributed by atoms with Gasteiger partial charge in [0, 0.05) is 17.8 Å². The Kier molecular flexibility index (Phi) is 9.54. The van der Waals surface area contributed by atoms with Gasteiger partial charge in [-0.05, 0) is 72.9 Å². The Morgan fingerprint density at radius 2 is 1.48 bits per heavy atom. The average Bonchev–Trinajstić information content (AvgIpc) is 2.99. The molecule has 0 aromatic heterocycles. The van der Waals surface area contributed by atoms with E-state index in [9.17, 15) is 32.7 Å². The minimum absolute atomic E-state index is 0.131. The molecule has 0 saturated heterocycles. The molecule has 7 nitrogen and oxygen atoms in total. The third kappa shape index (κ3) is 7.90. The SMILES string of the molecule is Cc1cc(CNC(=O)[C@@H](NC(=O)C(C)(C)O)c2ccccc2)ccc1NC(=O)c1ccccc1-c1ccc(C(F)(F)F)cc1. The van der Waals surface area contributed by atoms with Crippen molar-refractivity contribution >= 4 is 23.4 Å². The van der Waals surface area contributed by atoms with E-state index in [1.165, 1.54) is 26.0 Å². The van der Waals surface area contributed by atoms with Crippen molar-refractivity contribution < 1.29 is 32.7 Å². The minimum Gasteiger partial charge on any atom is -0.381 e. The molecule has 0 aliphatic heterocycles. The first-order chi connectivity index (χ1) is 20.7. The Hall–Kier alpha value is -4.96. The van der Waals surface area contributed by atoms with E-state index in [2.05, 4.69) is 16.0 Å². The summed E-state index contributed by atoms with van der Waals surface area (Å²) >= 11 is 0. The largest absolute Gasteiger partial charge is 0.416 e. The van der Waals surface area contributed by atoms with Crippen molar-refractivity contribution in [2.75, 3.05) is 5.32 Å². The molecule has 0 heterocycles. The molecule has 44 heavy (non-hydrogen) atoms. The number of amides is 3. The normalized spacial score (nSPS) is 12.2. The third-order valence-corrected chi connectivity index (χ3v) is 6.93. The van der Waals surface area contributed by atoms with Gasteiger partial charge in [-0.15, -0.1) is 0 Å². The quantitative estimate of drug-likeness (QED) is 0.183. The van der Waals surface area contributed by atoms with Gasteiger partial charge in [-0.25, -0.2) is 0 Å². The smallest absolute Gasteiger partial charge is 0.381 e. The van der Waals surface area contributed by atoms with Crippen molar-refractivity contribution in [1.82, 2.24) is 10.6 Å². The topological polar surface area (TPSA) is 108 Å². The predicted molar refractivity (Wildman–Crippen MR) is 161 cm³/mol. The first kappa shape index (κ1) is 32.0. The van der Waals surface area contributed by atoms with Gasteiger partial charge >= 0.3 is 6.18 Å². The van der Waals surface area contributed by atoms with Crippen LogP contribution in [0.25, 0.3) is 11.1 Å². The summed E-state index contributed by atoms with van der Waals surface area (Å²) in [4.78, 5) is 38.8. The lowest BCUT2D eigenvalue weighted by molar-refractivity contribution is -0.139. The third-order valence-electron chi connectivity index (χ3n) is 6.93. The molecule has 10 heteroatoms. The predicted octanol–water partition coefficient (Wildman–Crippen LogP) is 6.18. The fourth-order valence-electron chi connectivity index (χ4n) is 4.48. The number of nitrogens with one attached hydrogen (secondary N) is 3. The van der Waals surface area contributed by atoms with Crippen molar-refractivity contribution in [3.05, 3.63) is 125 Å². The number of anilines is 1. The molecule has 228 valence electrons. The number of carbonyl (C=O) groups excluding carboxylic acids is 3. The van der Waals surface area contributed by atoms with Crippen LogP contribution in [0.3, 0.4) is 0 Å².